The standard InChI is InChI=1S/C24H20F2O3/c1-16-3-7-18(8-4-16)22(27)10-5-17-6-11-23(28-2)19(13-17)15-29-24-12-9-20(25)14-21(24)26/h3-14H,15H2,1-2H3/b10-5+. The second-order valence-electron chi connectivity index (χ2n) is 6.50. The first-order valence-electron chi connectivity index (χ1n) is 9.00. The number of rotatable bonds is 7. The number of hydrogen-bond acceptors (Lipinski definition) is 3. The molecule has 0 spiro atoms. The van der Waals surface area contributed by atoms with Crippen molar-refractivity contribution < 1.29 is 23.0 Å². The molecule has 0 amide bonds. The van der Waals surface area contributed by atoms with Crippen LogP contribution in [0.4, 0.5) is 8.78 Å². The van der Waals surface area contributed by atoms with Crippen LogP contribution in [-0.2, 0) is 6.61 Å². The third-order valence-corrected chi connectivity index (χ3v) is 4.34. The summed E-state index contributed by atoms with van der Waals surface area (Å²) in [5.41, 5.74) is 3.13. The molecule has 29 heavy (non-hydrogen) atoms. The number of halogens is 2. The smallest absolute Gasteiger partial charge is 0.185 e. The first kappa shape index (κ1) is 20.3. The van der Waals surface area contributed by atoms with E-state index in [2.05, 4.69) is 0 Å². The van der Waals surface area contributed by atoms with Gasteiger partial charge in [0.1, 0.15) is 18.2 Å². The first-order valence-corrected chi connectivity index (χ1v) is 9.00. The van der Waals surface area contributed by atoms with Gasteiger partial charge in [-0.2, -0.15) is 0 Å². The maximum absolute atomic E-state index is 13.8. The highest BCUT2D eigenvalue weighted by molar-refractivity contribution is 6.06. The van der Waals surface area contributed by atoms with Crippen molar-refractivity contribution in [2.24, 2.45) is 0 Å². The number of ketones is 1. The van der Waals surface area contributed by atoms with Gasteiger partial charge in [-0.25, -0.2) is 8.78 Å². The van der Waals surface area contributed by atoms with Crippen LogP contribution in [0.1, 0.15) is 27.0 Å². The SMILES string of the molecule is COc1ccc(/C=C/C(=O)c2ccc(C)cc2)cc1COc1ccc(F)cc1F. The predicted octanol–water partition coefficient (Wildman–Crippen LogP) is 5.76. The first-order chi connectivity index (χ1) is 14.0. The number of aryl methyl sites for hydroxylation is 1. The molecule has 0 unspecified atom stereocenters. The molecule has 0 N–H and O–H groups in total. The lowest BCUT2D eigenvalue weighted by Gasteiger charge is -2.12. The Kier molecular flexibility index (Phi) is 6.39. The minimum absolute atomic E-state index is 0.0271. The Bertz CT molecular complexity index is 1040. The van der Waals surface area contributed by atoms with E-state index >= 15 is 0 Å². The third kappa shape index (κ3) is 5.29. The highest BCUT2D eigenvalue weighted by Crippen LogP contribution is 2.24. The van der Waals surface area contributed by atoms with Gasteiger partial charge < -0.3 is 9.47 Å². The van der Waals surface area contributed by atoms with Crippen LogP contribution in [0.2, 0.25) is 0 Å². The molecule has 0 heterocycles. The molecule has 5 heteroatoms. The lowest BCUT2D eigenvalue weighted by molar-refractivity contribution is 0.104. The second-order valence-corrected chi connectivity index (χ2v) is 6.50. The van der Waals surface area contributed by atoms with Gasteiger partial charge in [0.15, 0.2) is 17.3 Å². The van der Waals surface area contributed by atoms with Crippen molar-refractivity contribution in [3.63, 3.8) is 0 Å². The summed E-state index contributed by atoms with van der Waals surface area (Å²) in [7, 11) is 1.52. The van der Waals surface area contributed by atoms with Gasteiger partial charge in [-0.05, 0) is 42.8 Å². The van der Waals surface area contributed by atoms with Crippen LogP contribution in [0, 0.1) is 18.6 Å². The molecule has 0 radical (unpaired) electrons. The quantitative estimate of drug-likeness (QED) is 0.378. The molecule has 148 valence electrons. The van der Waals surface area contributed by atoms with Crippen LogP contribution in [0.25, 0.3) is 6.08 Å². The molecule has 3 aromatic carbocycles. The lowest BCUT2D eigenvalue weighted by atomic mass is 10.1. The van der Waals surface area contributed by atoms with E-state index in [4.69, 9.17) is 9.47 Å². The highest BCUT2D eigenvalue weighted by Gasteiger charge is 2.09. The summed E-state index contributed by atoms with van der Waals surface area (Å²) >= 11 is 0. The molecule has 0 saturated carbocycles. The molecule has 0 aliphatic rings. The maximum atomic E-state index is 13.8. The van der Waals surface area contributed by atoms with Crippen molar-refractivity contribution in [1.82, 2.24) is 0 Å². The number of allylic oxidation sites excluding steroid dienone is 1. The summed E-state index contributed by atoms with van der Waals surface area (Å²) < 4.78 is 37.6. The van der Waals surface area contributed by atoms with Gasteiger partial charge >= 0.3 is 0 Å². The molecular formula is C24H20F2O3. The van der Waals surface area contributed by atoms with Crippen LogP contribution in [0.3, 0.4) is 0 Å². The fourth-order valence-electron chi connectivity index (χ4n) is 2.75. The summed E-state index contributed by atoms with van der Waals surface area (Å²) in [4.78, 5) is 12.3. The van der Waals surface area contributed by atoms with E-state index in [9.17, 15) is 13.6 Å². The van der Waals surface area contributed by atoms with E-state index in [1.54, 1.807) is 36.4 Å². The molecule has 0 fully saturated rings. The number of benzene rings is 3. The van der Waals surface area contributed by atoms with Crippen molar-refractivity contribution in [2.75, 3.05) is 7.11 Å². The Morgan fingerprint density at radius 3 is 2.38 bits per heavy atom. The van der Waals surface area contributed by atoms with Crippen LogP contribution in [0.5, 0.6) is 11.5 Å². The Labute approximate surface area is 168 Å². The number of hydrogen-bond donors (Lipinski definition) is 0. The molecule has 0 aromatic heterocycles. The zero-order chi connectivity index (χ0) is 20.8. The highest BCUT2D eigenvalue weighted by atomic mass is 19.1. The van der Waals surface area contributed by atoms with Crippen LogP contribution >= 0.6 is 0 Å². The van der Waals surface area contributed by atoms with Gasteiger partial charge in [0.05, 0.1) is 7.11 Å². The minimum Gasteiger partial charge on any atom is -0.496 e. The van der Waals surface area contributed by atoms with Gasteiger partial charge in [-0.1, -0.05) is 42.0 Å². The molecule has 0 saturated heterocycles. The Hall–Kier alpha value is -3.47. The number of carbonyl (C=O) groups is 1. The number of carbonyl (C=O) groups excluding carboxylic acids is 1. The Morgan fingerprint density at radius 1 is 0.966 bits per heavy atom. The van der Waals surface area contributed by atoms with Gasteiger partial charge in [0.25, 0.3) is 0 Å². The fourth-order valence-corrected chi connectivity index (χ4v) is 2.75. The summed E-state index contributed by atoms with van der Waals surface area (Å²) in [6, 6.07) is 15.8. The summed E-state index contributed by atoms with van der Waals surface area (Å²) in [6.07, 6.45) is 3.19. The predicted molar refractivity (Wildman–Crippen MR) is 108 cm³/mol. The summed E-state index contributed by atoms with van der Waals surface area (Å²) in [5.74, 6) is -1.04. The molecule has 3 rings (SSSR count). The average Bonchev–Trinajstić information content (AvgIpc) is 2.72. The van der Waals surface area contributed by atoms with Crippen molar-refractivity contribution in [1.29, 1.82) is 0 Å². The molecule has 3 aromatic rings. The Morgan fingerprint density at radius 2 is 1.69 bits per heavy atom. The van der Waals surface area contributed by atoms with Gasteiger partial charge in [0.2, 0.25) is 0 Å². The van der Waals surface area contributed by atoms with E-state index in [1.165, 1.54) is 19.3 Å². The van der Waals surface area contributed by atoms with Crippen molar-refractivity contribution in [3.8, 4) is 11.5 Å². The third-order valence-electron chi connectivity index (χ3n) is 4.34. The molecule has 0 bridgehead atoms. The van der Waals surface area contributed by atoms with E-state index < -0.39 is 11.6 Å². The number of methoxy groups -OCH3 is 1. The Balaban J connectivity index is 1.75. The van der Waals surface area contributed by atoms with Crippen LogP contribution < -0.4 is 9.47 Å². The average molecular weight is 394 g/mol. The maximum Gasteiger partial charge on any atom is 0.185 e. The van der Waals surface area contributed by atoms with E-state index in [0.717, 1.165) is 23.3 Å². The zero-order valence-electron chi connectivity index (χ0n) is 16.1. The fraction of sp³-hybridized carbons (Fsp3) is 0.125. The summed E-state index contributed by atoms with van der Waals surface area (Å²) in [6.45, 7) is 1.99. The van der Waals surface area contributed by atoms with Gasteiger partial charge in [0, 0.05) is 17.2 Å². The normalized spacial score (nSPS) is 10.9. The molecular weight excluding hydrogens is 374 g/mol. The molecule has 0 aliphatic carbocycles. The second kappa shape index (κ2) is 9.15. The largest absolute Gasteiger partial charge is 0.496 e. The monoisotopic (exact) mass is 394 g/mol. The van der Waals surface area contributed by atoms with Gasteiger partial charge in [-0.3, -0.25) is 4.79 Å². The molecule has 3 nitrogen and oxygen atoms in total. The lowest BCUT2D eigenvalue weighted by Crippen LogP contribution is -2.01. The number of ether oxygens (including phenoxy) is 2. The summed E-state index contributed by atoms with van der Waals surface area (Å²) in [5, 5.41) is 0. The van der Waals surface area contributed by atoms with E-state index in [1.807, 2.05) is 19.1 Å². The minimum atomic E-state index is -0.774. The zero-order valence-corrected chi connectivity index (χ0v) is 16.1. The van der Waals surface area contributed by atoms with Gasteiger partial charge in [-0.15, -0.1) is 0 Å². The molecule has 0 aliphatic heterocycles. The topological polar surface area (TPSA) is 35.5 Å². The van der Waals surface area contributed by atoms with Crippen molar-refractivity contribution in [2.45, 2.75) is 13.5 Å². The van der Waals surface area contributed by atoms with Crippen molar-refractivity contribution in [3.05, 3.63) is 101 Å². The molecule has 0 atom stereocenters. The van der Waals surface area contributed by atoms with E-state index in [-0.39, 0.29) is 18.1 Å². The van der Waals surface area contributed by atoms with Crippen LogP contribution in [-0.4, -0.2) is 12.9 Å². The van der Waals surface area contributed by atoms with E-state index in [0.29, 0.717) is 16.9 Å². The van der Waals surface area contributed by atoms with Crippen molar-refractivity contribution >= 4 is 11.9 Å². The van der Waals surface area contributed by atoms with Crippen LogP contribution in [0.15, 0.2) is 66.7 Å².